The fourth-order valence-electron chi connectivity index (χ4n) is 2.87. The third kappa shape index (κ3) is 6.34. The number of esters is 1. The molecule has 1 fully saturated rings. The van der Waals surface area contributed by atoms with Gasteiger partial charge in [-0.2, -0.15) is 0 Å². The van der Waals surface area contributed by atoms with E-state index in [0.717, 1.165) is 16.7 Å². The van der Waals surface area contributed by atoms with Crippen LogP contribution in [0.2, 0.25) is 10.0 Å². The summed E-state index contributed by atoms with van der Waals surface area (Å²) in [6, 6.07) is 8.41. The summed E-state index contributed by atoms with van der Waals surface area (Å²) in [5, 5.41) is 0.368. The molecule has 174 valence electrons. The predicted octanol–water partition coefficient (Wildman–Crippen LogP) is 5.79. The van der Waals surface area contributed by atoms with Crippen LogP contribution in [0.3, 0.4) is 0 Å². The predicted molar refractivity (Wildman–Crippen MR) is 136 cm³/mol. The van der Waals surface area contributed by atoms with Gasteiger partial charge in [0.05, 0.1) is 38.8 Å². The number of ether oxygens (including phenoxy) is 3. The monoisotopic (exact) mass is 621 g/mol. The molecule has 2 aromatic carbocycles. The zero-order valence-corrected chi connectivity index (χ0v) is 22.0. The third-order valence-electron chi connectivity index (χ3n) is 4.39. The average Bonchev–Trinajstić information content (AvgIpc) is 3.03. The van der Waals surface area contributed by atoms with Crippen molar-refractivity contribution in [1.29, 1.82) is 0 Å². The van der Waals surface area contributed by atoms with Crippen molar-refractivity contribution in [1.82, 2.24) is 4.90 Å². The van der Waals surface area contributed by atoms with Crippen LogP contribution in [0.1, 0.15) is 18.1 Å². The topological polar surface area (TPSA) is 82.1 Å². The number of hydrogen-bond donors (Lipinski definition) is 0. The molecule has 11 heteroatoms. The fourth-order valence-corrected chi connectivity index (χ4v) is 4.81. The van der Waals surface area contributed by atoms with Gasteiger partial charge < -0.3 is 14.2 Å². The van der Waals surface area contributed by atoms with Crippen molar-refractivity contribution in [3.05, 3.63) is 60.0 Å². The first kappa shape index (κ1) is 25.7. The Morgan fingerprint density at radius 2 is 1.91 bits per heavy atom. The van der Waals surface area contributed by atoms with Crippen LogP contribution in [0.5, 0.6) is 11.5 Å². The number of amides is 2. The van der Waals surface area contributed by atoms with Crippen molar-refractivity contribution in [3.8, 4) is 11.5 Å². The second-order valence-electron chi connectivity index (χ2n) is 6.64. The van der Waals surface area contributed by atoms with Crippen LogP contribution in [0.15, 0.2) is 35.2 Å². The highest BCUT2D eigenvalue weighted by Crippen LogP contribution is 2.38. The van der Waals surface area contributed by atoms with Crippen LogP contribution in [0.4, 0.5) is 4.79 Å². The van der Waals surface area contributed by atoms with Crippen molar-refractivity contribution < 1.29 is 28.6 Å². The van der Waals surface area contributed by atoms with Gasteiger partial charge in [0.15, 0.2) is 18.1 Å². The molecule has 7 nitrogen and oxygen atoms in total. The molecule has 1 saturated heterocycles. The summed E-state index contributed by atoms with van der Waals surface area (Å²) >= 11 is 14.9. The molecule has 3 rings (SSSR count). The number of imide groups is 1. The number of benzene rings is 2. The summed E-state index contributed by atoms with van der Waals surface area (Å²) in [5.41, 5.74) is 1.33. The molecule has 1 aliphatic heterocycles. The summed E-state index contributed by atoms with van der Waals surface area (Å²) in [6.45, 7) is 2.01. The molecule has 0 spiro atoms. The second-order valence-corrected chi connectivity index (χ2v) is 9.61. The lowest BCUT2D eigenvalue weighted by molar-refractivity contribution is -0.143. The van der Waals surface area contributed by atoms with Gasteiger partial charge in [0, 0.05) is 0 Å². The minimum absolute atomic E-state index is 0.0843. The van der Waals surface area contributed by atoms with Crippen LogP contribution in [-0.2, 0) is 20.9 Å². The van der Waals surface area contributed by atoms with Gasteiger partial charge in [0.1, 0.15) is 0 Å². The maximum Gasteiger partial charge on any atom is 0.343 e. The van der Waals surface area contributed by atoms with Crippen molar-refractivity contribution in [2.24, 2.45) is 0 Å². The molecule has 0 unspecified atom stereocenters. The molecule has 1 heterocycles. The minimum Gasteiger partial charge on any atom is -0.490 e. The number of carbonyl (C=O) groups excluding carboxylic acids is 3. The van der Waals surface area contributed by atoms with Crippen LogP contribution < -0.4 is 9.47 Å². The van der Waals surface area contributed by atoms with E-state index in [-0.39, 0.29) is 23.3 Å². The second kappa shape index (κ2) is 11.5. The molecule has 0 radical (unpaired) electrons. The van der Waals surface area contributed by atoms with Gasteiger partial charge in [-0.3, -0.25) is 14.5 Å². The highest BCUT2D eigenvalue weighted by Gasteiger charge is 2.35. The van der Waals surface area contributed by atoms with Crippen LogP contribution >= 0.6 is 57.6 Å². The molecule has 2 amide bonds. The molecular formula is C22H18Cl2INO6S. The van der Waals surface area contributed by atoms with E-state index >= 15 is 0 Å². The van der Waals surface area contributed by atoms with E-state index in [1.165, 1.54) is 7.11 Å². The van der Waals surface area contributed by atoms with E-state index in [0.29, 0.717) is 42.8 Å². The number of halogens is 3. The number of carbonyl (C=O) groups is 3. The van der Waals surface area contributed by atoms with E-state index in [2.05, 4.69) is 27.3 Å². The maximum absolute atomic E-state index is 12.9. The fraction of sp³-hybridized carbons (Fsp3) is 0.227. The van der Waals surface area contributed by atoms with Gasteiger partial charge in [-0.15, -0.1) is 0 Å². The quantitative estimate of drug-likeness (QED) is 0.210. The molecule has 0 atom stereocenters. The van der Waals surface area contributed by atoms with Crippen molar-refractivity contribution >= 4 is 80.7 Å². The lowest BCUT2D eigenvalue weighted by Gasteiger charge is -2.14. The first-order chi connectivity index (χ1) is 15.7. The third-order valence-corrected chi connectivity index (χ3v) is 6.84. The summed E-state index contributed by atoms with van der Waals surface area (Å²) in [4.78, 5) is 38.3. The van der Waals surface area contributed by atoms with Crippen molar-refractivity contribution in [3.63, 3.8) is 0 Å². The normalized spacial score (nSPS) is 14.7. The highest BCUT2D eigenvalue weighted by molar-refractivity contribution is 14.1. The Labute approximate surface area is 218 Å². The van der Waals surface area contributed by atoms with Crippen molar-refractivity contribution in [2.45, 2.75) is 13.5 Å². The maximum atomic E-state index is 12.9. The SMILES string of the molecule is CCOc1cc(/C=C2\SC(=O)N(Cc3ccc(Cl)c(Cl)c3)C2=O)cc(I)c1OCC(=O)OC. The van der Waals surface area contributed by atoms with E-state index in [4.69, 9.17) is 32.7 Å². The van der Waals surface area contributed by atoms with Gasteiger partial charge in [-0.05, 0) is 82.7 Å². The van der Waals surface area contributed by atoms with Gasteiger partial charge in [0.25, 0.3) is 11.1 Å². The smallest absolute Gasteiger partial charge is 0.343 e. The van der Waals surface area contributed by atoms with Crippen LogP contribution in [0.25, 0.3) is 6.08 Å². The average molecular weight is 622 g/mol. The van der Waals surface area contributed by atoms with Gasteiger partial charge >= 0.3 is 5.97 Å². The molecule has 0 N–H and O–H groups in total. The van der Waals surface area contributed by atoms with Gasteiger partial charge in [-0.25, -0.2) is 4.79 Å². The minimum atomic E-state index is -0.520. The Bertz CT molecular complexity index is 1140. The lowest BCUT2D eigenvalue weighted by atomic mass is 10.1. The highest BCUT2D eigenvalue weighted by atomic mass is 127. The number of methoxy groups -OCH3 is 1. The summed E-state index contributed by atoms with van der Waals surface area (Å²) in [7, 11) is 1.28. The molecule has 0 aromatic heterocycles. The van der Waals surface area contributed by atoms with E-state index in [9.17, 15) is 14.4 Å². The summed E-state index contributed by atoms with van der Waals surface area (Å²) < 4.78 is 16.5. The van der Waals surface area contributed by atoms with Crippen LogP contribution in [-0.4, -0.2) is 42.3 Å². The lowest BCUT2D eigenvalue weighted by Crippen LogP contribution is -2.27. The Morgan fingerprint density at radius 1 is 1.15 bits per heavy atom. The van der Waals surface area contributed by atoms with Crippen molar-refractivity contribution in [2.75, 3.05) is 20.3 Å². The molecule has 0 saturated carbocycles. The first-order valence-corrected chi connectivity index (χ1v) is 12.2. The number of nitrogens with zero attached hydrogens (tertiary/aromatic N) is 1. The Hall–Kier alpha value is -1.95. The number of thioether (sulfide) groups is 1. The van der Waals surface area contributed by atoms with E-state index in [1.54, 1.807) is 36.4 Å². The zero-order chi connectivity index (χ0) is 24.1. The molecule has 0 bridgehead atoms. The van der Waals surface area contributed by atoms with Gasteiger partial charge in [-0.1, -0.05) is 29.3 Å². The van der Waals surface area contributed by atoms with Gasteiger partial charge in [0.2, 0.25) is 0 Å². The first-order valence-electron chi connectivity index (χ1n) is 9.58. The molecule has 0 aliphatic carbocycles. The Balaban J connectivity index is 1.84. The molecule has 33 heavy (non-hydrogen) atoms. The number of hydrogen-bond acceptors (Lipinski definition) is 7. The Kier molecular flexibility index (Phi) is 8.91. The van der Waals surface area contributed by atoms with E-state index < -0.39 is 11.9 Å². The standard InChI is InChI=1S/C22H18Cl2INO6S/c1-3-31-17-8-13(7-16(25)20(17)32-11-19(27)30-2)9-18-21(28)26(22(29)33-18)10-12-4-5-14(23)15(24)6-12/h4-9H,3,10-11H2,1-2H3/b18-9-. The summed E-state index contributed by atoms with van der Waals surface area (Å²) in [6.07, 6.45) is 1.62. The number of rotatable bonds is 8. The molecule has 1 aliphatic rings. The Morgan fingerprint density at radius 3 is 2.58 bits per heavy atom. The zero-order valence-electron chi connectivity index (χ0n) is 17.5. The van der Waals surface area contributed by atoms with Crippen LogP contribution in [0, 0.1) is 3.57 Å². The molecular weight excluding hydrogens is 604 g/mol. The summed E-state index contributed by atoms with van der Waals surface area (Å²) in [5.74, 6) is -0.120. The largest absolute Gasteiger partial charge is 0.490 e. The molecule has 2 aromatic rings. The van der Waals surface area contributed by atoms with E-state index in [1.807, 2.05) is 6.92 Å².